The first-order valence-corrected chi connectivity index (χ1v) is 11.4. The highest BCUT2D eigenvalue weighted by Gasteiger charge is 2.50. The minimum Gasteiger partial charge on any atom is -0.489 e. The van der Waals surface area contributed by atoms with Gasteiger partial charge in [-0.05, 0) is 56.2 Å². The van der Waals surface area contributed by atoms with E-state index in [2.05, 4.69) is 11.4 Å². The summed E-state index contributed by atoms with van der Waals surface area (Å²) in [6.07, 6.45) is 2.02. The molecule has 1 heterocycles. The lowest BCUT2D eigenvalue weighted by molar-refractivity contribution is 0.201. The summed E-state index contributed by atoms with van der Waals surface area (Å²) in [6.45, 7) is 4.87. The van der Waals surface area contributed by atoms with Crippen molar-refractivity contribution in [3.8, 4) is 6.07 Å². The lowest BCUT2D eigenvalue weighted by atomic mass is 9.83. The molecule has 31 heavy (non-hydrogen) atoms. The molecule has 1 aromatic carbocycles. The number of allylic oxidation sites excluding steroid dienone is 2. The Morgan fingerprint density at radius 1 is 1.32 bits per heavy atom. The van der Waals surface area contributed by atoms with Gasteiger partial charge in [-0.25, -0.2) is 17.1 Å². The Kier molecular flexibility index (Phi) is 6.00. The lowest BCUT2D eigenvalue weighted by Crippen LogP contribution is -2.55. The van der Waals surface area contributed by atoms with Gasteiger partial charge in [0.15, 0.2) is 0 Å². The van der Waals surface area contributed by atoms with E-state index in [0.717, 1.165) is 5.56 Å². The van der Waals surface area contributed by atoms with Crippen LogP contribution < -0.4 is 5.32 Å². The van der Waals surface area contributed by atoms with Crippen molar-refractivity contribution in [1.82, 2.24) is 9.62 Å². The van der Waals surface area contributed by atoms with Crippen molar-refractivity contribution in [3.05, 3.63) is 58.9 Å². The molecule has 1 fully saturated rings. The van der Waals surface area contributed by atoms with E-state index >= 15 is 0 Å². The predicted octanol–water partition coefficient (Wildman–Crippen LogP) is 3.01. The zero-order chi connectivity index (χ0) is 23.0. The number of nitrogens with one attached hydrogen (secondary N) is 2. The average Bonchev–Trinajstić information content (AvgIpc) is 2.76. The number of alkyl halides is 1. The number of nitrogens with zero attached hydrogens (tertiary/aromatic N) is 2. The number of halogens is 1. The van der Waals surface area contributed by atoms with E-state index in [0.29, 0.717) is 16.9 Å². The number of hydrogen-bond acceptors (Lipinski definition) is 5. The van der Waals surface area contributed by atoms with Crippen LogP contribution in [0.15, 0.2) is 47.7 Å². The van der Waals surface area contributed by atoms with E-state index in [1.165, 1.54) is 25.2 Å². The monoisotopic (exact) mass is 446 g/mol. The first-order valence-electron chi connectivity index (χ1n) is 9.92. The SMILES string of the molecule is CN1C[C@@](C)(C2=CC(OCc3ccc(C#N)cc3)=CCC2F)NC(=N)C(C)(C)S1(=O)=O. The maximum absolute atomic E-state index is 15.0. The molecule has 7 nitrogen and oxygen atoms in total. The molecule has 3 rings (SSSR count). The fraction of sp³-hybridized carbons (Fsp3) is 0.455. The largest absolute Gasteiger partial charge is 0.489 e. The Balaban J connectivity index is 1.85. The number of ether oxygens (including phenoxy) is 1. The summed E-state index contributed by atoms with van der Waals surface area (Å²) >= 11 is 0. The van der Waals surface area contributed by atoms with Gasteiger partial charge in [0.25, 0.3) is 0 Å². The van der Waals surface area contributed by atoms with Gasteiger partial charge in [0.05, 0.1) is 17.2 Å². The Hall–Kier alpha value is -2.70. The molecule has 2 atom stereocenters. The summed E-state index contributed by atoms with van der Waals surface area (Å²) in [6, 6.07) is 9.05. The molecule has 2 N–H and O–H groups in total. The van der Waals surface area contributed by atoms with Gasteiger partial charge in [-0.2, -0.15) is 5.26 Å². The number of benzene rings is 1. The molecule has 1 aliphatic carbocycles. The van der Waals surface area contributed by atoms with E-state index in [4.69, 9.17) is 15.4 Å². The van der Waals surface area contributed by atoms with Crippen molar-refractivity contribution in [3.63, 3.8) is 0 Å². The van der Waals surface area contributed by atoms with E-state index in [9.17, 15) is 12.8 Å². The Morgan fingerprint density at radius 2 is 1.97 bits per heavy atom. The van der Waals surface area contributed by atoms with Crippen molar-refractivity contribution < 1.29 is 17.5 Å². The van der Waals surface area contributed by atoms with Gasteiger partial charge in [0.1, 0.15) is 29.1 Å². The van der Waals surface area contributed by atoms with Crippen LogP contribution in [0, 0.1) is 16.7 Å². The van der Waals surface area contributed by atoms with Crippen LogP contribution in [0.1, 0.15) is 38.3 Å². The molecular formula is C22H27FN4O3S. The third-order valence-corrected chi connectivity index (χ3v) is 8.33. The van der Waals surface area contributed by atoms with Crippen LogP contribution in [0.2, 0.25) is 0 Å². The molecule has 1 aliphatic heterocycles. The van der Waals surface area contributed by atoms with Crippen LogP contribution in [0.5, 0.6) is 0 Å². The lowest BCUT2D eigenvalue weighted by Gasteiger charge is -2.37. The molecule has 1 unspecified atom stereocenters. The summed E-state index contributed by atoms with van der Waals surface area (Å²) in [5.41, 5.74) is 0.656. The second kappa shape index (κ2) is 8.09. The summed E-state index contributed by atoms with van der Waals surface area (Å²) in [4.78, 5) is 0. The summed E-state index contributed by atoms with van der Waals surface area (Å²) in [5, 5.41) is 20.2. The third kappa shape index (κ3) is 4.23. The molecule has 166 valence electrons. The molecule has 0 saturated carbocycles. The van der Waals surface area contributed by atoms with Gasteiger partial charge in [-0.1, -0.05) is 12.1 Å². The molecule has 2 aliphatic rings. The molecule has 0 radical (unpaired) electrons. The quantitative estimate of drug-likeness (QED) is 0.740. The Labute approximate surface area is 182 Å². The van der Waals surface area contributed by atoms with Crippen LogP contribution >= 0.6 is 0 Å². The fourth-order valence-electron chi connectivity index (χ4n) is 3.78. The van der Waals surface area contributed by atoms with Crippen LogP contribution in [-0.2, 0) is 21.4 Å². The van der Waals surface area contributed by atoms with Gasteiger partial charge < -0.3 is 10.1 Å². The normalized spacial score (nSPS) is 27.9. The van der Waals surface area contributed by atoms with E-state index in [-0.39, 0.29) is 25.4 Å². The average molecular weight is 447 g/mol. The second-order valence-corrected chi connectivity index (χ2v) is 11.2. The smallest absolute Gasteiger partial charge is 0.226 e. The standard InChI is InChI=1S/C22H27FN4O3S/c1-21(2)20(25)26-22(3,14-27(4)31(21,28)29)18-11-17(9-10-19(18)23)30-13-16-7-5-15(12-24)6-8-16/h5-9,11,19H,10,13-14H2,1-4H3,(H2,25,26)/t19?,22-/m0/s1. The van der Waals surface area contributed by atoms with Crippen molar-refractivity contribution >= 4 is 15.9 Å². The second-order valence-electron chi connectivity index (χ2n) is 8.61. The highest BCUT2D eigenvalue weighted by atomic mass is 32.2. The molecule has 9 heteroatoms. The van der Waals surface area contributed by atoms with Crippen LogP contribution in [0.3, 0.4) is 0 Å². The molecule has 0 amide bonds. The van der Waals surface area contributed by atoms with Gasteiger partial charge in [0, 0.05) is 20.0 Å². The fourth-order valence-corrected chi connectivity index (χ4v) is 5.29. The topological polar surface area (TPSA) is 106 Å². The van der Waals surface area contributed by atoms with Gasteiger partial charge in [0.2, 0.25) is 10.0 Å². The molecular weight excluding hydrogens is 419 g/mol. The number of nitriles is 1. The number of sulfonamides is 1. The number of rotatable bonds is 4. The molecule has 0 bridgehead atoms. The van der Waals surface area contributed by atoms with E-state index in [1.54, 1.807) is 43.3 Å². The highest BCUT2D eigenvalue weighted by molar-refractivity contribution is 7.91. The van der Waals surface area contributed by atoms with E-state index in [1.807, 2.05) is 0 Å². The predicted molar refractivity (Wildman–Crippen MR) is 117 cm³/mol. The molecule has 0 aromatic heterocycles. The molecule has 1 saturated heterocycles. The maximum atomic E-state index is 15.0. The minimum absolute atomic E-state index is 0.0176. The van der Waals surface area contributed by atoms with Gasteiger partial charge in [-0.15, -0.1) is 0 Å². The number of likely N-dealkylation sites (N-methyl/N-ethyl adjacent to an activating group) is 1. The summed E-state index contributed by atoms with van der Waals surface area (Å²) in [7, 11) is -2.34. The maximum Gasteiger partial charge on any atom is 0.226 e. The van der Waals surface area contributed by atoms with Crippen molar-refractivity contribution in [2.75, 3.05) is 13.6 Å². The first kappa shape index (κ1) is 23.0. The summed E-state index contributed by atoms with van der Waals surface area (Å²) < 4.78 is 46.3. The van der Waals surface area contributed by atoms with E-state index < -0.39 is 26.5 Å². The molecule has 0 spiro atoms. The zero-order valence-corrected chi connectivity index (χ0v) is 18.9. The minimum atomic E-state index is -3.79. The summed E-state index contributed by atoms with van der Waals surface area (Å²) in [5.74, 6) is 0.305. The third-order valence-electron chi connectivity index (χ3n) is 5.88. The van der Waals surface area contributed by atoms with Crippen LogP contribution in [0.4, 0.5) is 4.39 Å². The number of hydrogen-bond donors (Lipinski definition) is 2. The van der Waals surface area contributed by atoms with Crippen molar-refractivity contribution in [2.24, 2.45) is 0 Å². The Bertz CT molecular complexity index is 1090. The van der Waals surface area contributed by atoms with Crippen molar-refractivity contribution in [1.29, 1.82) is 10.7 Å². The van der Waals surface area contributed by atoms with Gasteiger partial charge in [-0.3, -0.25) is 5.41 Å². The molecule has 1 aromatic rings. The van der Waals surface area contributed by atoms with Crippen LogP contribution in [0.25, 0.3) is 0 Å². The van der Waals surface area contributed by atoms with Crippen LogP contribution in [-0.4, -0.2) is 48.6 Å². The number of amidine groups is 1. The van der Waals surface area contributed by atoms with Gasteiger partial charge >= 0.3 is 0 Å². The van der Waals surface area contributed by atoms with Crippen molar-refractivity contribution in [2.45, 2.75) is 50.3 Å². The zero-order valence-electron chi connectivity index (χ0n) is 18.1. The highest BCUT2D eigenvalue weighted by Crippen LogP contribution is 2.35. The Morgan fingerprint density at radius 3 is 2.58 bits per heavy atom. The first-order chi connectivity index (χ1) is 14.4.